The highest BCUT2D eigenvalue weighted by Gasteiger charge is 2.53. The number of thiazole rings is 1. The number of unbranched alkanes of at least 4 members (excludes halogenated alkanes) is 1. The number of para-hydroxylation sites is 1. The summed E-state index contributed by atoms with van der Waals surface area (Å²) in [5.41, 5.74) is 0.880. The van der Waals surface area contributed by atoms with Crippen LogP contribution in [0.4, 0.5) is 0 Å². The Morgan fingerprint density at radius 3 is 2.48 bits per heavy atom. The predicted molar refractivity (Wildman–Crippen MR) is 171 cm³/mol. The second-order valence-electron chi connectivity index (χ2n) is 13.1. The largest absolute Gasteiger partial charge is 0.396 e. The number of carbonyl (C=O) groups is 3. The van der Waals surface area contributed by atoms with Crippen molar-refractivity contribution in [1.29, 1.82) is 0 Å². The molecule has 44 heavy (non-hydrogen) atoms. The van der Waals surface area contributed by atoms with Gasteiger partial charge in [-0.05, 0) is 75.1 Å². The van der Waals surface area contributed by atoms with Crippen molar-refractivity contribution in [2.45, 2.75) is 90.6 Å². The van der Waals surface area contributed by atoms with E-state index in [9.17, 15) is 14.4 Å². The minimum Gasteiger partial charge on any atom is -0.396 e. The Morgan fingerprint density at radius 1 is 1.07 bits per heavy atom. The molecule has 4 heterocycles. The highest BCUT2D eigenvalue weighted by Crippen LogP contribution is 2.34. The smallest absolute Gasteiger partial charge is 0.272 e. The number of nitrogens with zero attached hydrogens (tertiary/aromatic N) is 5. The first-order valence-electron chi connectivity index (χ1n) is 16.2. The second kappa shape index (κ2) is 14.5. The summed E-state index contributed by atoms with van der Waals surface area (Å²) < 4.78 is 1.04. The van der Waals surface area contributed by atoms with E-state index in [0.717, 1.165) is 55.5 Å². The van der Waals surface area contributed by atoms with E-state index in [0.29, 0.717) is 17.8 Å². The molecule has 1 aromatic carbocycles. The van der Waals surface area contributed by atoms with Crippen LogP contribution in [0.1, 0.15) is 71.2 Å². The molecule has 0 unspecified atom stereocenters. The number of rotatable bonds is 11. The van der Waals surface area contributed by atoms with Crippen molar-refractivity contribution < 1.29 is 24.3 Å². The maximum Gasteiger partial charge on any atom is 0.272 e. The fourth-order valence-corrected chi connectivity index (χ4v) is 7.49. The zero-order valence-electron chi connectivity index (χ0n) is 26.4. The van der Waals surface area contributed by atoms with Gasteiger partial charge in [-0.25, -0.2) is 4.98 Å². The number of aliphatic hydroxyl groups is 1. The van der Waals surface area contributed by atoms with E-state index in [2.05, 4.69) is 23.7 Å². The van der Waals surface area contributed by atoms with Gasteiger partial charge < -0.3 is 19.8 Å². The van der Waals surface area contributed by atoms with Crippen LogP contribution in [0.2, 0.25) is 0 Å². The molecular formula is C33H47N5O5S. The summed E-state index contributed by atoms with van der Waals surface area (Å²) in [5, 5.41) is 11.2. The summed E-state index contributed by atoms with van der Waals surface area (Å²) in [6, 6.07) is 7.24. The Balaban J connectivity index is 1.41. The van der Waals surface area contributed by atoms with Gasteiger partial charge in [-0.1, -0.05) is 39.8 Å². The Morgan fingerprint density at radius 2 is 1.80 bits per heavy atom. The Labute approximate surface area is 264 Å². The molecule has 11 heteroatoms. The SMILES string of the molecule is CC(C)C[C@H]1ON(C(=O)/C=C/c2nc3ccccc3s2)[C@H]2CN(C3CCN(CCCCO)CC3)C(=O)[C@H](CC(C)C)N2C1=O. The molecule has 2 aromatic rings. The minimum absolute atomic E-state index is 0.0235. The average Bonchev–Trinajstić information content (AvgIpc) is 3.42. The van der Waals surface area contributed by atoms with Gasteiger partial charge >= 0.3 is 0 Å². The summed E-state index contributed by atoms with van der Waals surface area (Å²) in [6.45, 7) is 11.3. The van der Waals surface area contributed by atoms with Gasteiger partial charge in [0.15, 0.2) is 12.3 Å². The summed E-state index contributed by atoms with van der Waals surface area (Å²) in [5.74, 6) is -0.249. The number of aromatic nitrogens is 1. The third-order valence-electron chi connectivity index (χ3n) is 8.78. The molecule has 3 atom stereocenters. The number of amides is 3. The van der Waals surface area contributed by atoms with Crippen molar-refractivity contribution in [3.8, 4) is 0 Å². The molecule has 0 spiro atoms. The topological polar surface area (TPSA) is 107 Å². The van der Waals surface area contributed by atoms with E-state index in [-0.39, 0.29) is 48.8 Å². The van der Waals surface area contributed by atoms with Crippen LogP contribution in [-0.2, 0) is 19.2 Å². The van der Waals surface area contributed by atoms with Crippen LogP contribution in [0.25, 0.3) is 16.3 Å². The Hall–Kier alpha value is -2.86. The van der Waals surface area contributed by atoms with Crippen molar-refractivity contribution >= 4 is 45.4 Å². The molecule has 0 bridgehead atoms. The van der Waals surface area contributed by atoms with Gasteiger partial charge in [0.1, 0.15) is 11.0 Å². The number of carbonyl (C=O) groups excluding carboxylic acids is 3. The van der Waals surface area contributed by atoms with Crippen LogP contribution in [-0.4, -0.2) is 105 Å². The summed E-state index contributed by atoms with van der Waals surface area (Å²) in [7, 11) is 0. The van der Waals surface area contributed by atoms with Gasteiger partial charge in [0, 0.05) is 31.8 Å². The standard InChI is InChI=1S/C33H47N5O5S/c1-22(2)19-26-32(41)36(24-13-16-35(17-14-24)15-7-8-18-39)21-30-37(26)33(42)27(20-23(3)4)43-38(30)31(40)12-11-29-34-25-9-5-6-10-28(25)44-29/h5-6,9-12,22-24,26-27,30,39H,7-8,13-21H2,1-4H3/b12-11+/t26-,27+,30-/m0/s1. The number of fused-ring (bicyclic) bond motifs is 2. The van der Waals surface area contributed by atoms with E-state index in [1.807, 2.05) is 43.0 Å². The van der Waals surface area contributed by atoms with Gasteiger partial charge in [0.2, 0.25) is 5.91 Å². The van der Waals surface area contributed by atoms with Gasteiger partial charge in [-0.3, -0.25) is 19.2 Å². The fraction of sp³-hybridized carbons (Fsp3) is 0.636. The third kappa shape index (κ3) is 7.33. The van der Waals surface area contributed by atoms with Crippen LogP contribution in [0.3, 0.4) is 0 Å². The van der Waals surface area contributed by atoms with E-state index in [1.54, 1.807) is 11.0 Å². The van der Waals surface area contributed by atoms with Gasteiger partial charge in [-0.2, -0.15) is 5.06 Å². The van der Waals surface area contributed by atoms with Gasteiger partial charge in [-0.15, -0.1) is 11.3 Å². The molecule has 0 saturated carbocycles. The van der Waals surface area contributed by atoms with Crippen LogP contribution >= 0.6 is 11.3 Å². The van der Waals surface area contributed by atoms with Crippen LogP contribution in [0.15, 0.2) is 30.3 Å². The number of benzene rings is 1. The second-order valence-corrected chi connectivity index (χ2v) is 14.2. The van der Waals surface area contributed by atoms with E-state index in [4.69, 9.17) is 9.94 Å². The number of likely N-dealkylation sites (tertiary alicyclic amines) is 1. The maximum atomic E-state index is 14.2. The van der Waals surface area contributed by atoms with E-state index in [1.165, 1.54) is 22.5 Å². The van der Waals surface area contributed by atoms with Crippen molar-refractivity contribution in [3.63, 3.8) is 0 Å². The highest BCUT2D eigenvalue weighted by molar-refractivity contribution is 7.19. The predicted octanol–water partition coefficient (Wildman–Crippen LogP) is 4.15. The van der Waals surface area contributed by atoms with E-state index >= 15 is 0 Å². The lowest BCUT2D eigenvalue weighted by Crippen LogP contribution is -2.74. The van der Waals surface area contributed by atoms with Crippen molar-refractivity contribution in [3.05, 3.63) is 35.3 Å². The Bertz CT molecular complexity index is 1300. The van der Waals surface area contributed by atoms with Gasteiger partial charge in [0.05, 0.1) is 16.8 Å². The molecule has 3 aliphatic rings. The van der Waals surface area contributed by atoms with Crippen molar-refractivity contribution in [1.82, 2.24) is 24.7 Å². The number of hydroxylamine groups is 2. The molecule has 1 aromatic heterocycles. The summed E-state index contributed by atoms with van der Waals surface area (Å²) in [4.78, 5) is 58.9. The average molecular weight is 626 g/mol. The molecule has 3 fully saturated rings. The highest BCUT2D eigenvalue weighted by atomic mass is 32.1. The summed E-state index contributed by atoms with van der Waals surface area (Å²) in [6.07, 6.45) is 6.04. The zero-order chi connectivity index (χ0) is 31.4. The van der Waals surface area contributed by atoms with Crippen LogP contribution < -0.4 is 0 Å². The van der Waals surface area contributed by atoms with Crippen LogP contribution in [0.5, 0.6) is 0 Å². The lowest BCUT2D eigenvalue weighted by atomic mass is 9.93. The first kappa shape index (κ1) is 32.5. The van der Waals surface area contributed by atoms with Gasteiger partial charge in [0.25, 0.3) is 11.8 Å². The minimum atomic E-state index is -0.831. The molecule has 3 saturated heterocycles. The quantitative estimate of drug-likeness (QED) is 0.296. The molecule has 240 valence electrons. The van der Waals surface area contributed by atoms with Crippen LogP contribution in [0, 0.1) is 11.8 Å². The number of piperidine rings is 1. The lowest BCUT2D eigenvalue weighted by Gasteiger charge is -2.55. The lowest BCUT2D eigenvalue weighted by molar-refractivity contribution is -0.275. The Kier molecular flexibility index (Phi) is 10.7. The number of aliphatic hydroxyl groups excluding tert-OH is 1. The zero-order valence-corrected chi connectivity index (χ0v) is 27.2. The third-order valence-corrected chi connectivity index (χ3v) is 9.78. The molecule has 1 N–H and O–H groups in total. The van der Waals surface area contributed by atoms with E-state index < -0.39 is 18.3 Å². The van der Waals surface area contributed by atoms with Crippen molar-refractivity contribution in [2.24, 2.45) is 11.8 Å². The molecule has 0 aliphatic carbocycles. The molecule has 5 rings (SSSR count). The number of hydrogen-bond acceptors (Lipinski definition) is 8. The molecule has 3 amide bonds. The number of piperazine rings is 1. The molecule has 0 radical (unpaired) electrons. The monoisotopic (exact) mass is 625 g/mol. The van der Waals surface area contributed by atoms with Crippen molar-refractivity contribution in [2.75, 3.05) is 32.8 Å². The first-order chi connectivity index (χ1) is 21.2. The summed E-state index contributed by atoms with van der Waals surface area (Å²) >= 11 is 1.51. The fourth-order valence-electron chi connectivity index (χ4n) is 6.62. The maximum absolute atomic E-state index is 14.2. The number of hydrogen-bond donors (Lipinski definition) is 1. The molecule has 10 nitrogen and oxygen atoms in total. The first-order valence-corrected chi connectivity index (χ1v) is 17.0. The molecular weight excluding hydrogens is 578 g/mol. The normalized spacial score (nSPS) is 24.0. The molecule has 3 aliphatic heterocycles.